The van der Waals surface area contributed by atoms with Gasteiger partial charge in [-0.25, -0.2) is 13.1 Å². The molecule has 0 unspecified atom stereocenters. The van der Waals surface area contributed by atoms with Crippen LogP contribution in [0, 0.1) is 0 Å². The van der Waals surface area contributed by atoms with Gasteiger partial charge in [0.05, 0.1) is 10.0 Å². The van der Waals surface area contributed by atoms with Gasteiger partial charge in [-0.3, -0.25) is 0 Å². The van der Waals surface area contributed by atoms with E-state index < -0.39 is 10.0 Å². The van der Waals surface area contributed by atoms with Gasteiger partial charge < -0.3 is 0 Å². The van der Waals surface area contributed by atoms with Crippen molar-refractivity contribution in [3.05, 3.63) is 26.7 Å². The third-order valence-corrected chi connectivity index (χ3v) is 6.09. The molecule has 0 aromatic heterocycles. The van der Waals surface area contributed by atoms with Gasteiger partial charge in [0.15, 0.2) is 0 Å². The number of thioether (sulfide) groups is 1. The Balaban J connectivity index is 2.66. The number of hydrogen-bond donors (Lipinski definition) is 1. The summed E-state index contributed by atoms with van der Waals surface area (Å²) in [6, 6.07) is 3.03. The minimum absolute atomic E-state index is 0.0619. The minimum atomic E-state index is -3.67. The number of sulfonamides is 1. The molecule has 1 aromatic rings. The highest BCUT2D eigenvalue weighted by atomic mass is 79.9. The molecule has 0 aliphatic heterocycles. The molecule has 1 rings (SSSR count). The van der Waals surface area contributed by atoms with Crippen molar-refractivity contribution < 1.29 is 8.42 Å². The average molecular weight is 421 g/mol. The number of hydrogen-bond acceptors (Lipinski definition) is 3. The average Bonchev–Trinajstić information content (AvgIpc) is 2.31. The predicted molar refractivity (Wildman–Crippen MR) is 91.6 cm³/mol. The van der Waals surface area contributed by atoms with Crippen LogP contribution < -0.4 is 4.72 Å². The summed E-state index contributed by atoms with van der Waals surface area (Å²) in [4.78, 5) is -0.0619. The maximum atomic E-state index is 12.2. The molecule has 0 amide bonds. The molecule has 0 spiro atoms. The van der Waals surface area contributed by atoms with Gasteiger partial charge in [-0.05, 0) is 37.0 Å². The van der Waals surface area contributed by atoms with Crippen LogP contribution in [0.5, 0.6) is 0 Å². The molecule has 0 radical (unpaired) electrons. The van der Waals surface area contributed by atoms with Crippen molar-refractivity contribution in [3.8, 4) is 0 Å². The Morgan fingerprint density at radius 2 is 1.80 bits per heavy atom. The largest absolute Gasteiger partial charge is 0.243 e. The van der Waals surface area contributed by atoms with Gasteiger partial charge in [-0.1, -0.05) is 45.6 Å². The van der Waals surface area contributed by atoms with E-state index in [1.807, 2.05) is 0 Å². The zero-order valence-corrected chi connectivity index (χ0v) is 15.7. The van der Waals surface area contributed by atoms with E-state index in [2.05, 4.69) is 26.9 Å². The molecule has 1 aromatic carbocycles. The van der Waals surface area contributed by atoms with E-state index in [0.29, 0.717) is 11.0 Å². The van der Waals surface area contributed by atoms with Gasteiger partial charge in [-0.15, -0.1) is 0 Å². The number of rotatable bonds is 8. The van der Waals surface area contributed by atoms with E-state index in [1.165, 1.54) is 12.1 Å². The van der Waals surface area contributed by atoms with Crippen molar-refractivity contribution >= 4 is 60.9 Å². The summed E-state index contributed by atoms with van der Waals surface area (Å²) in [6.07, 6.45) is 4.93. The monoisotopic (exact) mass is 419 g/mol. The first-order valence-electron chi connectivity index (χ1n) is 6.01. The SMILES string of the molecule is CSCCCCCNS(=O)(=O)c1c(Cl)cc(Br)cc1Cl. The van der Waals surface area contributed by atoms with Crippen molar-refractivity contribution in [3.63, 3.8) is 0 Å². The van der Waals surface area contributed by atoms with Crippen molar-refractivity contribution in [1.82, 2.24) is 4.72 Å². The summed E-state index contributed by atoms with van der Waals surface area (Å²) >= 11 is 16.9. The molecule has 1 N–H and O–H groups in total. The van der Waals surface area contributed by atoms with E-state index >= 15 is 0 Å². The van der Waals surface area contributed by atoms with Crippen molar-refractivity contribution in [1.29, 1.82) is 0 Å². The van der Waals surface area contributed by atoms with Crippen molar-refractivity contribution in [2.45, 2.75) is 24.2 Å². The van der Waals surface area contributed by atoms with Crippen LogP contribution in [-0.2, 0) is 10.0 Å². The van der Waals surface area contributed by atoms with E-state index in [0.717, 1.165) is 25.0 Å². The predicted octanol–water partition coefficient (Wildman–Crippen LogP) is 4.57. The molecule has 20 heavy (non-hydrogen) atoms. The van der Waals surface area contributed by atoms with Gasteiger partial charge in [0, 0.05) is 11.0 Å². The molecule has 0 atom stereocenters. The molecular formula is C12H16BrCl2NO2S2. The van der Waals surface area contributed by atoms with Crippen LogP contribution in [0.3, 0.4) is 0 Å². The molecule has 0 saturated heterocycles. The van der Waals surface area contributed by atoms with Gasteiger partial charge >= 0.3 is 0 Å². The first-order chi connectivity index (χ1) is 9.38. The quantitative estimate of drug-likeness (QED) is 0.626. The van der Waals surface area contributed by atoms with Crippen LogP contribution in [0.25, 0.3) is 0 Å². The fraction of sp³-hybridized carbons (Fsp3) is 0.500. The molecule has 0 heterocycles. The normalized spacial score (nSPS) is 11.8. The topological polar surface area (TPSA) is 46.2 Å². The van der Waals surface area contributed by atoms with Crippen LogP contribution in [0.1, 0.15) is 19.3 Å². The number of benzene rings is 1. The van der Waals surface area contributed by atoms with Crippen LogP contribution in [-0.4, -0.2) is 27.0 Å². The van der Waals surface area contributed by atoms with Gasteiger partial charge in [0.25, 0.3) is 0 Å². The third kappa shape index (κ3) is 5.73. The lowest BCUT2D eigenvalue weighted by atomic mass is 10.2. The maximum absolute atomic E-state index is 12.2. The smallest absolute Gasteiger partial charge is 0.211 e. The lowest BCUT2D eigenvalue weighted by Gasteiger charge is -2.10. The first kappa shape index (κ1) is 18.6. The van der Waals surface area contributed by atoms with E-state index in [-0.39, 0.29) is 14.9 Å². The van der Waals surface area contributed by atoms with Crippen LogP contribution in [0.2, 0.25) is 10.0 Å². The molecule has 0 fully saturated rings. The maximum Gasteiger partial charge on any atom is 0.243 e. The summed E-state index contributed by atoms with van der Waals surface area (Å²) < 4.78 is 27.5. The fourth-order valence-electron chi connectivity index (χ4n) is 1.61. The summed E-state index contributed by atoms with van der Waals surface area (Å²) in [5.41, 5.74) is 0. The zero-order valence-electron chi connectivity index (χ0n) is 11.0. The van der Waals surface area contributed by atoms with Crippen LogP contribution in [0.15, 0.2) is 21.5 Å². The van der Waals surface area contributed by atoms with Crippen LogP contribution in [0.4, 0.5) is 0 Å². The van der Waals surface area contributed by atoms with E-state index in [1.54, 1.807) is 11.8 Å². The second kappa shape index (κ2) is 8.86. The molecule has 3 nitrogen and oxygen atoms in total. The van der Waals surface area contributed by atoms with Crippen LogP contribution >= 0.6 is 50.9 Å². The van der Waals surface area contributed by atoms with E-state index in [4.69, 9.17) is 23.2 Å². The molecule has 114 valence electrons. The first-order valence-corrected chi connectivity index (χ1v) is 10.4. The Labute approximate surface area is 143 Å². The fourth-order valence-corrected chi connectivity index (χ4v) is 5.11. The summed E-state index contributed by atoms with van der Waals surface area (Å²) in [6.45, 7) is 0.388. The van der Waals surface area contributed by atoms with E-state index in [9.17, 15) is 8.42 Å². The number of nitrogens with one attached hydrogen (secondary N) is 1. The third-order valence-electron chi connectivity index (χ3n) is 2.55. The standard InChI is InChI=1S/C12H16BrCl2NO2S2/c1-19-6-4-2-3-5-16-20(17,18)12-10(14)7-9(13)8-11(12)15/h7-8,16H,2-6H2,1H3. The summed E-state index contributed by atoms with van der Waals surface area (Å²) in [7, 11) is -3.67. The number of unbranched alkanes of at least 4 members (excludes halogenated alkanes) is 2. The summed E-state index contributed by atoms with van der Waals surface area (Å²) in [5, 5.41) is 0.221. The molecule has 8 heteroatoms. The van der Waals surface area contributed by atoms with Crippen molar-refractivity contribution in [2.75, 3.05) is 18.6 Å². The Morgan fingerprint density at radius 3 is 2.35 bits per heavy atom. The molecular weight excluding hydrogens is 405 g/mol. The highest BCUT2D eigenvalue weighted by molar-refractivity contribution is 9.10. The Hall–Kier alpha value is 0.540. The Bertz CT molecular complexity index is 529. The second-order valence-electron chi connectivity index (χ2n) is 4.15. The summed E-state index contributed by atoms with van der Waals surface area (Å²) in [5.74, 6) is 1.09. The van der Waals surface area contributed by atoms with Gasteiger partial charge in [0.1, 0.15) is 4.90 Å². The highest BCUT2D eigenvalue weighted by Gasteiger charge is 2.21. The lowest BCUT2D eigenvalue weighted by molar-refractivity contribution is 0.576. The zero-order chi connectivity index (χ0) is 15.2. The molecule has 0 bridgehead atoms. The van der Waals surface area contributed by atoms with Gasteiger partial charge in [0.2, 0.25) is 10.0 Å². The molecule has 0 saturated carbocycles. The van der Waals surface area contributed by atoms with Crippen molar-refractivity contribution in [2.24, 2.45) is 0 Å². The lowest BCUT2D eigenvalue weighted by Crippen LogP contribution is -2.25. The second-order valence-corrected chi connectivity index (χ2v) is 8.57. The van der Waals surface area contributed by atoms with Gasteiger partial charge in [-0.2, -0.15) is 11.8 Å². The number of halogens is 3. The highest BCUT2D eigenvalue weighted by Crippen LogP contribution is 2.32. The Kier molecular flexibility index (Phi) is 8.23. The molecule has 0 aliphatic rings. The minimum Gasteiger partial charge on any atom is -0.211 e. The Morgan fingerprint density at radius 1 is 1.20 bits per heavy atom. The molecule has 0 aliphatic carbocycles.